The van der Waals surface area contributed by atoms with Crippen LogP contribution < -0.4 is 4.74 Å². The molecule has 2 nitrogen and oxygen atoms in total. The Morgan fingerprint density at radius 2 is 2.47 bits per heavy atom. The maximum absolute atomic E-state index is 8.96. The van der Waals surface area contributed by atoms with Gasteiger partial charge in [0, 0.05) is 11.6 Å². The van der Waals surface area contributed by atoms with Crippen molar-refractivity contribution in [2.24, 2.45) is 0 Å². The van der Waals surface area contributed by atoms with Crippen molar-refractivity contribution in [3.8, 4) is 17.6 Å². The van der Waals surface area contributed by atoms with Crippen molar-refractivity contribution in [1.29, 1.82) is 0 Å². The molecule has 15 heavy (non-hydrogen) atoms. The van der Waals surface area contributed by atoms with E-state index in [4.69, 9.17) is 9.84 Å². The van der Waals surface area contributed by atoms with Crippen LogP contribution >= 0.6 is 0 Å². The summed E-state index contributed by atoms with van der Waals surface area (Å²) >= 11 is 0. The van der Waals surface area contributed by atoms with Gasteiger partial charge in [-0.1, -0.05) is 24.5 Å². The van der Waals surface area contributed by atoms with Gasteiger partial charge in [-0.25, -0.2) is 0 Å². The molecule has 0 fully saturated rings. The molecule has 0 aromatic heterocycles. The Morgan fingerprint density at radius 1 is 1.67 bits per heavy atom. The number of ether oxygens (including phenoxy) is 1. The Hall–Kier alpha value is -1.72. The summed E-state index contributed by atoms with van der Waals surface area (Å²) in [5.74, 6) is 6.14. The van der Waals surface area contributed by atoms with Crippen molar-refractivity contribution in [3.05, 3.63) is 42.5 Å². The van der Waals surface area contributed by atoms with E-state index in [9.17, 15) is 0 Å². The number of aliphatic hydroxyl groups is 1. The molecule has 1 atom stereocenters. The summed E-state index contributed by atoms with van der Waals surface area (Å²) in [4.78, 5) is 0. The summed E-state index contributed by atoms with van der Waals surface area (Å²) < 4.78 is 5.26. The van der Waals surface area contributed by atoms with Gasteiger partial charge in [0.15, 0.2) is 0 Å². The third-order valence-corrected chi connectivity index (χ3v) is 1.57. The zero-order chi connectivity index (χ0) is 11.1. The molecule has 0 aliphatic carbocycles. The lowest BCUT2D eigenvalue weighted by atomic mass is 10.2. The Labute approximate surface area is 90.2 Å². The van der Waals surface area contributed by atoms with E-state index in [1.54, 1.807) is 25.1 Å². The monoisotopic (exact) mass is 201 g/mol. The molecule has 0 bridgehead atoms. The fourth-order valence-electron chi connectivity index (χ4n) is 0.915. The maximum atomic E-state index is 8.96. The third kappa shape index (κ3) is 4.35. The Kier molecular flexibility index (Phi) is 4.46. The standard InChI is InChI=1S/C13H13O2/c1-3-10-15-13-8-6-12(7-9-13)5-4-11(2)14/h3,6-8,11,14H,1,10H2,2H3. The molecule has 1 aromatic carbocycles. The molecule has 1 aromatic rings. The van der Waals surface area contributed by atoms with Crippen molar-refractivity contribution in [3.63, 3.8) is 0 Å². The predicted molar refractivity (Wildman–Crippen MR) is 59.5 cm³/mol. The number of hydrogen-bond acceptors (Lipinski definition) is 2. The van der Waals surface area contributed by atoms with Gasteiger partial charge < -0.3 is 9.84 Å². The molecule has 1 N–H and O–H groups in total. The van der Waals surface area contributed by atoms with E-state index in [1.165, 1.54) is 0 Å². The Morgan fingerprint density at radius 3 is 3.00 bits per heavy atom. The third-order valence-electron chi connectivity index (χ3n) is 1.57. The van der Waals surface area contributed by atoms with Gasteiger partial charge in [-0.2, -0.15) is 0 Å². The molecule has 77 valence electrons. The largest absolute Gasteiger partial charge is 0.489 e. The minimum Gasteiger partial charge on any atom is -0.489 e. The van der Waals surface area contributed by atoms with Crippen LogP contribution in [0.4, 0.5) is 0 Å². The van der Waals surface area contributed by atoms with E-state index in [0.717, 1.165) is 5.56 Å². The zero-order valence-corrected chi connectivity index (χ0v) is 8.66. The van der Waals surface area contributed by atoms with Gasteiger partial charge >= 0.3 is 0 Å². The van der Waals surface area contributed by atoms with Crippen LogP contribution in [0, 0.1) is 17.9 Å². The summed E-state index contributed by atoms with van der Waals surface area (Å²) in [5.41, 5.74) is 0.807. The predicted octanol–water partition coefficient (Wildman–Crippen LogP) is 1.78. The lowest BCUT2D eigenvalue weighted by molar-refractivity contribution is 0.253. The van der Waals surface area contributed by atoms with Gasteiger partial charge in [0.2, 0.25) is 0 Å². The minimum absolute atomic E-state index is 0.467. The Balaban J connectivity index is 2.65. The molecule has 1 rings (SSSR count). The van der Waals surface area contributed by atoms with Gasteiger partial charge in [0.05, 0.1) is 0 Å². The van der Waals surface area contributed by atoms with Crippen LogP contribution in [-0.4, -0.2) is 17.8 Å². The molecule has 0 saturated carbocycles. The molecule has 1 unspecified atom stereocenters. The topological polar surface area (TPSA) is 29.5 Å². The first-order chi connectivity index (χ1) is 7.22. The van der Waals surface area contributed by atoms with Crippen LogP contribution in [0.15, 0.2) is 30.9 Å². The first kappa shape index (κ1) is 11.4. The fraction of sp³-hybridized carbons (Fsp3) is 0.231. The molecule has 2 heteroatoms. The highest BCUT2D eigenvalue weighted by Crippen LogP contribution is 2.10. The molecule has 0 aliphatic rings. The zero-order valence-electron chi connectivity index (χ0n) is 8.66. The van der Waals surface area contributed by atoms with Gasteiger partial charge in [-0.3, -0.25) is 0 Å². The average molecular weight is 201 g/mol. The van der Waals surface area contributed by atoms with Crippen molar-refractivity contribution in [2.75, 3.05) is 6.61 Å². The van der Waals surface area contributed by atoms with E-state index in [-0.39, 0.29) is 0 Å². The molecule has 0 amide bonds. The lowest BCUT2D eigenvalue weighted by Crippen LogP contribution is -1.93. The van der Waals surface area contributed by atoms with Crippen LogP contribution in [0.5, 0.6) is 5.75 Å². The molecule has 0 aliphatic heterocycles. The van der Waals surface area contributed by atoms with E-state index in [1.807, 2.05) is 6.07 Å². The SMILES string of the molecule is C=CCOc1[c]cc(C#CC(C)O)cc1. The molecular formula is C13H13O2. The fourth-order valence-corrected chi connectivity index (χ4v) is 0.915. The van der Waals surface area contributed by atoms with E-state index in [2.05, 4.69) is 24.5 Å². The molecule has 0 saturated heterocycles. The van der Waals surface area contributed by atoms with E-state index in [0.29, 0.717) is 12.4 Å². The number of aliphatic hydroxyl groups excluding tert-OH is 1. The van der Waals surface area contributed by atoms with Crippen LogP contribution in [0.25, 0.3) is 0 Å². The second-order valence-corrected chi connectivity index (χ2v) is 2.99. The van der Waals surface area contributed by atoms with Crippen molar-refractivity contribution >= 4 is 0 Å². The normalized spacial score (nSPS) is 11.1. The summed E-state index contributed by atoms with van der Waals surface area (Å²) in [7, 11) is 0. The highest BCUT2D eigenvalue weighted by molar-refractivity contribution is 5.37. The second kappa shape index (κ2) is 5.90. The molecule has 0 heterocycles. The molecule has 1 radical (unpaired) electrons. The number of rotatable bonds is 3. The van der Waals surface area contributed by atoms with Gasteiger partial charge in [-0.15, -0.1) is 0 Å². The summed E-state index contributed by atoms with van der Waals surface area (Å²) in [6.07, 6.45) is 1.07. The molecule has 0 spiro atoms. The highest BCUT2D eigenvalue weighted by atomic mass is 16.5. The van der Waals surface area contributed by atoms with Crippen molar-refractivity contribution < 1.29 is 9.84 Å². The van der Waals surface area contributed by atoms with Gasteiger partial charge in [0.1, 0.15) is 18.5 Å². The Bertz CT molecular complexity index is 366. The highest BCUT2D eigenvalue weighted by Gasteiger charge is 1.92. The lowest BCUT2D eigenvalue weighted by Gasteiger charge is -2.01. The van der Waals surface area contributed by atoms with Crippen LogP contribution in [-0.2, 0) is 0 Å². The van der Waals surface area contributed by atoms with E-state index < -0.39 is 6.10 Å². The van der Waals surface area contributed by atoms with Crippen molar-refractivity contribution in [1.82, 2.24) is 0 Å². The summed E-state index contributed by atoms with van der Waals surface area (Å²) in [5, 5.41) is 8.96. The van der Waals surface area contributed by atoms with Gasteiger partial charge in [-0.05, 0) is 25.1 Å². The van der Waals surface area contributed by atoms with E-state index >= 15 is 0 Å². The number of benzene rings is 1. The first-order valence-electron chi connectivity index (χ1n) is 4.67. The quantitative estimate of drug-likeness (QED) is 0.596. The summed E-state index contributed by atoms with van der Waals surface area (Å²) in [6.45, 7) is 5.64. The smallest absolute Gasteiger partial charge is 0.127 e. The minimum atomic E-state index is -0.610. The molecular weight excluding hydrogens is 188 g/mol. The van der Waals surface area contributed by atoms with Gasteiger partial charge in [0.25, 0.3) is 0 Å². The summed E-state index contributed by atoms with van der Waals surface area (Å²) in [6, 6.07) is 8.28. The van der Waals surface area contributed by atoms with Crippen LogP contribution in [0.1, 0.15) is 12.5 Å². The van der Waals surface area contributed by atoms with Crippen molar-refractivity contribution in [2.45, 2.75) is 13.0 Å². The number of hydrogen-bond donors (Lipinski definition) is 1. The average Bonchev–Trinajstić information content (AvgIpc) is 2.25. The second-order valence-electron chi connectivity index (χ2n) is 2.99. The maximum Gasteiger partial charge on any atom is 0.127 e. The first-order valence-corrected chi connectivity index (χ1v) is 4.67. The van der Waals surface area contributed by atoms with Crippen LogP contribution in [0.2, 0.25) is 0 Å². The van der Waals surface area contributed by atoms with Crippen LogP contribution in [0.3, 0.4) is 0 Å².